The molecule has 2 heteroatoms. The maximum absolute atomic E-state index is 6.28. The zero-order chi connectivity index (χ0) is 11.5. The molecule has 1 aromatic carbocycles. The summed E-state index contributed by atoms with van der Waals surface area (Å²) in [7, 11) is 0. The van der Waals surface area contributed by atoms with E-state index in [0.29, 0.717) is 0 Å². The Morgan fingerprint density at radius 1 is 1.38 bits per heavy atom. The first-order valence-electron chi connectivity index (χ1n) is 6.18. The predicted octanol–water partition coefficient (Wildman–Crippen LogP) is 4.34. The van der Waals surface area contributed by atoms with Crippen LogP contribution >= 0.6 is 15.9 Å². The Morgan fingerprint density at radius 3 is 2.69 bits per heavy atom. The molecular formula is C14H20BrN. The topological polar surface area (TPSA) is 26.0 Å². The van der Waals surface area contributed by atoms with Crippen molar-refractivity contribution in [1.29, 1.82) is 0 Å². The van der Waals surface area contributed by atoms with Gasteiger partial charge in [-0.2, -0.15) is 0 Å². The van der Waals surface area contributed by atoms with Crippen molar-refractivity contribution in [2.75, 3.05) is 0 Å². The molecule has 0 heterocycles. The molecule has 1 saturated carbocycles. The van der Waals surface area contributed by atoms with Crippen molar-refractivity contribution in [1.82, 2.24) is 0 Å². The van der Waals surface area contributed by atoms with E-state index >= 15 is 0 Å². The summed E-state index contributed by atoms with van der Waals surface area (Å²) in [5.74, 6) is 0.860. The average Bonchev–Trinajstić information content (AvgIpc) is 2.74. The third-order valence-electron chi connectivity index (χ3n) is 3.67. The SMILES string of the molecule is Cc1cc(C(N)CC2CCCC2)ccc1Br. The fourth-order valence-corrected chi connectivity index (χ4v) is 2.89. The molecule has 88 valence electrons. The van der Waals surface area contributed by atoms with E-state index in [4.69, 9.17) is 5.73 Å². The van der Waals surface area contributed by atoms with E-state index < -0.39 is 0 Å². The Hall–Kier alpha value is -0.340. The van der Waals surface area contributed by atoms with Gasteiger partial charge in [-0.25, -0.2) is 0 Å². The minimum absolute atomic E-state index is 0.217. The minimum Gasteiger partial charge on any atom is -0.324 e. The highest BCUT2D eigenvalue weighted by atomic mass is 79.9. The summed E-state index contributed by atoms with van der Waals surface area (Å²) < 4.78 is 1.17. The Morgan fingerprint density at radius 2 is 2.06 bits per heavy atom. The molecule has 2 rings (SSSR count). The van der Waals surface area contributed by atoms with Crippen molar-refractivity contribution >= 4 is 15.9 Å². The Bertz CT molecular complexity index is 356. The third kappa shape index (κ3) is 2.86. The third-order valence-corrected chi connectivity index (χ3v) is 4.56. The average molecular weight is 282 g/mol. The van der Waals surface area contributed by atoms with Crippen LogP contribution in [0, 0.1) is 12.8 Å². The fourth-order valence-electron chi connectivity index (χ4n) is 2.64. The first-order chi connectivity index (χ1) is 7.66. The number of nitrogens with two attached hydrogens (primary N) is 1. The molecule has 0 saturated heterocycles. The summed E-state index contributed by atoms with van der Waals surface area (Å²) in [6.07, 6.45) is 6.71. The molecule has 2 N–H and O–H groups in total. The number of hydrogen-bond donors (Lipinski definition) is 1. The van der Waals surface area contributed by atoms with Crippen LogP contribution < -0.4 is 5.73 Å². The highest BCUT2D eigenvalue weighted by molar-refractivity contribution is 9.10. The number of halogens is 1. The predicted molar refractivity (Wildman–Crippen MR) is 72.4 cm³/mol. The molecule has 1 aliphatic carbocycles. The van der Waals surface area contributed by atoms with Gasteiger partial charge in [0.05, 0.1) is 0 Å². The van der Waals surface area contributed by atoms with Crippen LogP contribution in [0.1, 0.15) is 49.3 Å². The van der Waals surface area contributed by atoms with Crippen LogP contribution in [0.4, 0.5) is 0 Å². The Kier molecular flexibility index (Phi) is 4.04. The molecule has 0 aliphatic heterocycles. The standard InChI is InChI=1S/C14H20BrN/c1-10-8-12(6-7-13(10)15)14(16)9-11-4-2-3-5-11/h6-8,11,14H,2-5,9,16H2,1H3. The molecule has 0 bridgehead atoms. The zero-order valence-corrected chi connectivity index (χ0v) is 11.5. The van der Waals surface area contributed by atoms with Gasteiger partial charge in [0, 0.05) is 10.5 Å². The summed E-state index contributed by atoms with van der Waals surface area (Å²) in [5.41, 5.74) is 8.84. The zero-order valence-electron chi connectivity index (χ0n) is 9.88. The summed E-state index contributed by atoms with van der Waals surface area (Å²) >= 11 is 3.53. The summed E-state index contributed by atoms with van der Waals surface area (Å²) in [6.45, 7) is 2.12. The van der Waals surface area contributed by atoms with E-state index in [1.807, 2.05) is 0 Å². The Labute approximate surface area is 107 Å². The highest BCUT2D eigenvalue weighted by Gasteiger charge is 2.19. The molecule has 1 atom stereocenters. The molecule has 1 nitrogen and oxygen atoms in total. The van der Waals surface area contributed by atoms with Gasteiger partial charge in [-0.1, -0.05) is 53.7 Å². The van der Waals surface area contributed by atoms with Crippen LogP contribution in [-0.2, 0) is 0 Å². The molecule has 0 aromatic heterocycles. The van der Waals surface area contributed by atoms with Crippen molar-refractivity contribution in [2.45, 2.75) is 45.1 Å². The summed E-state index contributed by atoms with van der Waals surface area (Å²) in [4.78, 5) is 0. The molecule has 0 amide bonds. The monoisotopic (exact) mass is 281 g/mol. The quantitative estimate of drug-likeness (QED) is 0.877. The first kappa shape index (κ1) is 12.1. The van der Waals surface area contributed by atoms with Crippen molar-refractivity contribution in [3.63, 3.8) is 0 Å². The molecule has 1 aliphatic rings. The molecule has 16 heavy (non-hydrogen) atoms. The van der Waals surface area contributed by atoms with Crippen LogP contribution in [0.2, 0.25) is 0 Å². The number of aryl methyl sites for hydroxylation is 1. The van der Waals surface area contributed by atoms with E-state index in [1.165, 1.54) is 41.3 Å². The minimum atomic E-state index is 0.217. The van der Waals surface area contributed by atoms with Crippen molar-refractivity contribution in [2.24, 2.45) is 11.7 Å². The second-order valence-electron chi connectivity index (χ2n) is 5.00. The van der Waals surface area contributed by atoms with Crippen molar-refractivity contribution in [3.05, 3.63) is 33.8 Å². The van der Waals surface area contributed by atoms with Gasteiger partial charge in [-0.05, 0) is 36.5 Å². The largest absolute Gasteiger partial charge is 0.324 e. The Balaban J connectivity index is 2.02. The van der Waals surface area contributed by atoms with Crippen LogP contribution in [0.15, 0.2) is 22.7 Å². The van der Waals surface area contributed by atoms with E-state index in [0.717, 1.165) is 12.3 Å². The van der Waals surface area contributed by atoms with Gasteiger partial charge in [-0.15, -0.1) is 0 Å². The molecule has 1 aromatic rings. The van der Waals surface area contributed by atoms with Crippen LogP contribution in [0.3, 0.4) is 0 Å². The van der Waals surface area contributed by atoms with Crippen LogP contribution in [-0.4, -0.2) is 0 Å². The first-order valence-corrected chi connectivity index (χ1v) is 6.98. The normalized spacial score (nSPS) is 18.9. The van der Waals surface area contributed by atoms with E-state index in [-0.39, 0.29) is 6.04 Å². The van der Waals surface area contributed by atoms with E-state index in [9.17, 15) is 0 Å². The van der Waals surface area contributed by atoms with Crippen LogP contribution in [0.5, 0.6) is 0 Å². The lowest BCUT2D eigenvalue weighted by molar-refractivity contribution is 0.450. The molecule has 1 fully saturated rings. The lowest BCUT2D eigenvalue weighted by Crippen LogP contribution is -2.14. The van der Waals surface area contributed by atoms with Gasteiger partial charge in [0.2, 0.25) is 0 Å². The van der Waals surface area contributed by atoms with Gasteiger partial charge < -0.3 is 5.73 Å². The van der Waals surface area contributed by atoms with Gasteiger partial charge in [0.15, 0.2) is 0 Å². The number of benzene rings is 1. The lowest BCUT2D eigenvalue weighted by atomic mass is 9.93. The molecule has 0 radical (unpaired) electrons. The molecular weight excluding hydrogens is 262 g/mol. The molecule has 0 spiro atoms. The molecule has 1 unspecified atom stereocenters. The maximum Gasteiger partial charge on any atom is 0.0297 e. The summed E-state index contributed by atoms with van der Waals surface area (Å²) in [5, 5.41) is 0. The van der Waals surface area contributed by atoms with Gasteiger partial charge in [0.1, 0.15) is 0 Å². The van der Waals surface area contributed by atoms with Crippen LogP contribution in [0.25, 0.3) is 0 Å². The number of rotatable bonds is 3. The van der Waals surface area contributed by atoms with Crippen molar-refractivity contribution in [3.8, 4) is 0 Å². The highest BCUT2D eigenvalue weighted by Crippen LogP contribution is 2.32. The number of hydrogen-bond acceptors (Lipinski definition) is 1. The van der Waals surface area contributed by atoms with Crippen molar-refractivity contribution < 1.29 is 0 Å². The van der Waals surface area contributed by atoms with E-state index in [2.05, 4.69) is 41.1 Å². The lowest BCUT2D eigenvalue weighted by Gasteiger charge is -2.17. The van der Waals surface area contributed by atoms with Gasteiger partial charge in [-0.3, -0.25) is 0 Å². The van der Waals surface area contributed by atoms with Gasteiger partial charge >= 0.3 is 0 Å². The fraction of sp³-hybridized carbons (Fsp3) is 0.571. The maximum atomic E-state index is 6.28. The summed E-state index contributed by atoms with van der Waals surface area (Å²) in [6, 6.07) is 6.69. The smallest absolute Gasteiger partial charge is 0.0297 e. The second-order valence-corrected chi connectivity index (χ2v) is 5.86. The van der Waals surface area contributed by atoms with E-state index in [1.54, 1.807) is 0 Å². The second kappa shape index (κ2) is 5.33. The van der Waals surface area contributed by atoms with Gasteiger partial charge in [0.25, 0.3) is 0 Å².